The Bertz CT molecular complexity index is 475. The highest BCUT2D eigenvalue weighted by Crippen LogP contribution is 2.25. The average molecular weight is 277 g/mol. The van der Waals surface area contributed by atoms with E-state index >= 15 is 0 Å². The maximum absolute atomic E-state index is 12.2. The molecule has 1 aliphatic rings. The minimum absolute atomic E-state index is 0.0358. The molecular formula is C16H23NO3. The summed E-state index contributed by atoms with van der Waals surface area (Å²) in [6.45, 7) is 6.83. The zero-order chi connectivity index (χ0) is 14.7. The van der Waals surface area contributed by atoms with Crippen LogP contribution in [0, 0.1) is 20.8 Å². The van der Waals surface area contributed by atoms with Gasteiger partial charge in [-0.3, -0.25) is 4.79 Å². The minimum atomic E-state index is -0.0408. The Morgan fingerprint density at radius 3 is 2.60 bits per heavy atom. The summed E-state index contributed by atoms with van der Waals surface area (Å²) >= 11 is 0. The van der Waals surface area contributed by atoms with Crippen LogP contribution in [0.2, 0.25) is 0 Å². The van der Waals surface area contributed by atoms with Gasteiger partial charge >= 0.3 is 0 Å². The standard InChI is InChI=1S/C16H23NO3/c1-11-7-12(2)16(13(3)8-11)20-10-15(19)17-6-4-5-14(17)9-18/h7-8,14,18H,4-6,9-10H2,1-3H3/t14-/m0/s1. The van der Waals surface area contributed by atoms with Crippen molar-refractivity contribution in [2.24, 2.45) is 0 Å². The zero-order valence-corrected chi connectivity index (χ0v) is 12.5. The van der Waals surface area contributed by atoms with E-state index in [1.165, 1.54) is 5.56 Å². The number of aryl methyl sites for hydroxylation is 3. The molecule has 1 heterocycles. The molecule has 1 fully saturated rings. The third-order valence-corrected chi connectivity index (χ3v) is 3.85. The molecule has 1 aliphatic heterocycles. The SMILES string of the molecule is Cc1cc(C)c(OCC(=O)N2CCC[C@H]2CO)c(C)c1. The first-order chi connectivity index (χ1) is 9.52. The predicted molar refractivity (Wildman–Crippen MR) is 78.0 cm³/mol. The Labute approximate surface area is 120 Å². The fourth-order valence-corrected chi connectivity index (χ4v) is 2.97. The van der Waals surface area contributed by atoms with Crippen LogP contribution in [0.1, 0.15) is 29.5 Å². The third-order valence-electron chi connectivity index (χ3n) is 3.85. The normalized spacial score (nSPS) is 18.4. The second kappa shape index (κ2) is 6.27. The van der Waals surface area contributed by atoms with Crippen molar-refractivity contribution in [2.45, 2.75) is 39.7 Å². The number of aliphatic hydroxyl groups excluding tert-OH is 1. The average Bonchev–Trinajstić information content (AvgIpc) is 2.85. The maximum atomic E-state index is 12.2. The van der Waals surface area contributed by atoms with Crippen LogP contribution >= 0.6 is 0 Å². The number of hydrogen-bond acceptors (Lipinski definition) is 3. The van der Waals surface area contributed by atoms with Crippen molar-refractivity contribution < 1.29 is 14.6 Å². The summed E-state index contributed by atoms with van der Waals surface area (Å²) in [6, 6.07) is 4.07. The molecule has 0 aliphatic carbocycles. The molecule has 0 aromatic heterocycles. The van der Waals surface area contributed by atoms with E-state index < -0.39 is 0 Å². The van der Waals surface area contributed by atoms with Crippen LogP contribution in [0.15, 0.2) is 12.1 Å². The van der Waals surface area contributed by atoms with Gasteiger partial charge in [-0.15, -0.1) is 0 Å². The number of nitrogens with zero attached hydrogens (tertiary/aromatic N) is 1. The van der Waals surface area contributed by atoms with Crippen molar-refractivity contribution in [1.82, 2.24) is 4.90 Å². The van der Waals surface area contributed by atoms with Crippen molar-refractivity contribution in [3.8, 4) is 5.75 Å². The lowest BCUT2D eigenvalue weighted by molar-refractivity contribution is -0.134. The summed E-state index contributed by atoms with van der Waals surface area (Å²) in [5.74, 6) is 0.754. The Morgan fingerprint density at radius 1 is 1.35 bits per heavy atom. The topological polar surface area (TPSA) is 49.8 Å². The van der Waals surface area contributed by atoms with Gasteiger partial charge in [0.15, 0.2) is 6.61 Å². The molecule has 0 saturated carbocycles. The van der Waals surface area contributed by atoms with Crippen LogP contribution in [0.5, 0.6) is 5.75 Å². The van der Waals surface area contributed by atoms with Gasteiger partial charge in [0.25, 0.3) is 5.91 Å². The number of aliphatic hydroxyl groups is 1. The Balaban J connectivity index is 2.00. The number of carbonyl (C=O) groups excluding carboxylic acids is 1. The third kappa shape index (κ3) is 3.12. The molecular weight excluding hydrogens is 254 g/mol. The molecule has 0 bridgehead atoms. The molecule has 0 spiro atoms. The van der Waals surface area contributed by atoms with Crippen LogP contribution < -0.4 is 4.74 Å². The van der Waals surface area contributed by atoms with Gasteiger partial charge in [0, 0.05) is 6.54 Å². The van der Waals surface area contributed by atoms with Gasteiger partial charge in [0.2, 0.25) is 0 Å². The van der Waals surface area contributed by atoms with Crippen LogP contribution in [0.25, 0.3) is 0 Å². The van der Waals surface area contributed by atoms with E-state index in [1.807, 2.05) is 20.8 Å². The van der Waals surface area contributed by atoms with Crippen LogP contribution in [0.3, 0.4) is 0 Å². The van der Waals surface area contributed by atoms with E-state index in [1.54, 1.807) is 4.90 Å². The van der Waals surface area contributed by atoms with E-state index in [9.17, 15) is 9.90 Å². The van der Waals surface area contributed by atoms with Gasteiger partial charge in [-0.1, -0.05) is 17.7 Å². The minimum Gasteiger partial charge on any atom is -0.483 e. The quantitative estimate of drug-likeness (QED) is 0.915. The number of benzene rings is 1. The highest BCUT2D eigenvalue weighted by molar-refractivity contribution is 5.78. The summed E-state index contributed by atoms with van der Waals surface area (Å²) < 4.78 is 5.72. The van der Waals surface area contributed by atoms with Crippen molar-refractivity contribution in [3.05, 3.63) is 28.8 Å². The molecule has 4 heteroatoms. The lowest BCUT2D eigenvalue weighted by atomic mass is 10.1. The van der Waals surface area contributed by atoms with Crippen molar-refractivity contribution in [3.63, 3.8) is 0 Å². The Hall–Kier alpha value is -1.55. The fourth-order valence-electron chi connectivity index (χ4n) is 2.97. The molecule has 1 N–H and O–H groups in total. The van der Waals surface area contributed by atoms with E-state index in [2.05, 4.69) is 12.1 Å². The molecule has 1 saturated heterocycles. The summed E-state index contributed by atoms with van der Waals surface area (Å²) in [5.41, 5.74) is 3.30. The first-order valence-corrected chi connectivity index (χ1v) is 7.14. The molecule has 2 rings (SSSR count). The van der Waals surface area contributed by atoms with Gasteiger partial charge < -0.3 is 14.7 Å². The molecule has 110 valence electrons. The number of carbonyl (C=O) groups is 1. The van der Waals surface area contributed by atoms with Crippen LogP contribution in [-0.4, -0.2) is 41.7 Å². The van der Waals surface area contributed by atoms with E-state index in [0.29, 0.717) is 0 Å². The van der Waals surface area contributed by atoms with Gasteiger partial charge in [-0.05, 0) is 44.7 Å². The van der Waals surface area contributed by atoms with Crippen LogP contribution in [-0.2, 0) is 4.79 Å². The Morgan fingerprint density at radius 2 is 2.00 bits per heavy atom. The molecule has 1 amide bonds. The molecule has 1 atom stereocenters. The van der Waals surface area contributed by atoms with Gasteiger partial charge in [-0.25, -0.2) is 0 Å². The van der Waals surface area contributed by atoms with E-state index in [-0.39, 0.29) is 25.2 Å². The number of amides is 1. The monoisotopic (exact) mass is 277 g/mol. The fraction of sp³-hybridized carbons (Fsp3) is 0.562. The number of ether oxygens (including phenoxy) is 1. The number of rotatable bonds is 4. The highest BCUT2D eigenvalue weighted by Gasteiger charge is 2.28. The van der Waals surface area contributed by atoms with Crippen molar-refractivity contribution in [2.75, 3.05) is 19.8 Å². The second-order valence-electron chi connectivity index (χ2n) is 5.58. The predicted octanol–water partition coefficient (Wildman–Crippen LogP) is 1.97. The van der Waals surface area contributed by atoms with Gasteiger partial charge in [0.05, 0.1) is 12.6 Å². The van der Waals surface area contributed by atoms with E-state index in [4.69, 9.17) is 4.74 Å². The van der Waals surface area contributed by atoms with Crippen LogP contribution in [0.4, 0.5) is 0 Å². The summed E-state index contributed by atoms with van der Waals surface area (Å²) in [7, 11) is 0. The summed E-state index contributed by atoms with van der Waals surface area (Å²) in [4.78, 5) is 13.9. The summed E-state index contributed by atoms with van der Waals surface area (Å²) in [5, 5.41) is 9.25. The highest BCUT2D eigenvalue weighted by atomic mass is 16.5. The first kappa shape index (κ1) is 14.9. The lowest BCUT2D eigenvalue weighted by Crippen LogP contribution is -2.40. The van der Waals surface area contributed by atoms with Crippen molar-refractivity contribution >= 4 is 5.91 Å². The maximum Gasteiger partial charge on any atom is 0.260 e. The molecule has 1 aromatic rings. The Kier molecular flexibility index (Phi) is 4.65. The van der Waals surface area contributed by atoms with Gasteiger partial charge in [0.1, 0.15) is 5.75 Å². The number of likely N-dealkylation sites (tertiary alicyclic amines) is 1. The zero-order valence-electron chi connectivity index (χ0n) is 12.5. The second-order valence-corrected chi connectivity index (χ2v) is 5.58. The smallest absolute Gasteiger partial charge is 0.260 e. The van der Waals surface area contributed by atoms with Gasteiger partial charge in [-0.2, -0.15) is 0 Å². The number of hydrogen-bond donors (Lipinski definition) is 1. The van der Waals surface area contributed by atoms with E-state index in [0.717, 1.165) is 36.3 Å². The largest absolute Gasteiger partial charge is 0.483 e. The first-order valence-electron chi connectivity index (χ1n) is 7.14. The lowest BCUT2D eigenvalue weighted by Gasteiger charge is -2.23. The molecule has 20 heavy (non-hydrogen) atoms. The van der Waals surface area contributed by atoms with Crippen molar-refractivity contribution in [1.29, 1.82) is 0 Å². The molecule has 0 radical (unpaired) electrons. The molecule has 4 nitrogen and oxygen atoms in total. The molecule has 0 unspecified atom stereocenters. The summed E-state index contributed by atoms with van der Waals surface area (Å²) in [6.07, 6.45) is 1.84. The molecule has 1 aromatic carbocycles.